The summed E-state index contributed by atoms with van der Waals surface area (Å²) < 4.78 is 27.7. The first-order chi connectivity index (χ1) is 9.38. The van der Waals surface area contributed by atoms with E-state index in [4.69, 9.17) is 5.11 Å². The Labute approximate surface area is 122 Å². The molecular weight excluding hydrogens is 298 g/mol. The van der Waals surface area contributed by atoms with Gasteiger partial charge in [0.2, 0.25) is 10.0 Å². The molecule has 0 aliphatic heterocycles. The largest absolute Gasteiger partial charge is 0.477 e. The van der Waals surface area contributed by atoms with E-state index < -0.39 is 16.0 Å². The number of sulfonamides is 1. The summed E-state index contributed by atoms with van der Waals surface area (Å²) in [5, 5.41) is 9.02. The third kappa shape index (κ3) is 2.75. The second-order valence-electron chi connectivity index (χ2n) is 5.70. The molecule has 7 heteroatoms. The number of nitrogens with one attached hydrogen (secondary N) is 1. The van der Waals surface area contributed by atoms with Gasteiger partial charge in [-0.3, -0.25) is 0 Å². The van der Waals surface area contributed by atoms with Gasteiger partial charge < -0.3 is 5.11 Å². The van der Waals surface area contributed by atoms with Crippen LogP contribution in [-0.2, 0) is 10.0 Å². The van der Waals surface area contributed by atoms with Crippen molar-refractivity contribution in [2.75, 3.05) is 0 Å². The third-order valence-electron chi connectivity index (χ3n) is 3.91. The highest BCUT2D eigenvalue weighted by Gasteiger charge is 2.43. The molecule has 0 radical (unpaired) electrons. The molecule has 1 aromatic rings. The zero-order valence-electron chi connectivity index (χ0n) is 11.1. The summed E-state index contributed by atoms with van der Waals surface area (Å²) in [7, 11) is -3.60. The molecule has 0 saturated heterocycles. The van der Waals surface area contributed by atoms with Crippen LogP contribution < -0.4 is 4.72 Å². The fourth-order valence-corrected chi connectivity index (χ4v) is 5.29. The summed E-state index contributed by atoms with van der Waals surface area (Å²) in [4.78, 5) is 11.1. The van der Waals surface area contributed by atoms with Crippen LogP contribution in [0.2, 0.25) is 0 Å². The summed E-state index contributed by atoms with van der Waals surface area (Å²) in [6.45, 7) is 1.62. The first-order valence-corrected chi connectivity index (χ1v) is 9.04. The molecule has 110 valence electrons. The molecule has 0 bridgehead atoms. The normalized spacial score (nSPS) is 19.5. The van der Waals surface area contributed by atoms with Crippen LogP contribution in [0.5, 0.6) is 0 Å². The number of hydrogen-bond donors (Lipinski definition) is 2. The smallest absolute Gasteiger partial charge is 0.346 e. The van der Waals surface area contributed by atoms with Gasteiger partial charge in [-0.25, -0.2) is 17.9 Å². The second-order valence-corrected chi connectivity index (χ2v) is 8.70. The lowest BCUT2D eigenvalue weighted by Crippen LogP contribution is -2.37. The standard InChI is InChI=1S/C13H17NO4S2/c1-7-6-10(19-12(7)13(15)16)20(17,18)14-11(8-2-3-8)9-4-5-9/h6,8-9,11,14H,2-5H2,1H3,(H,15,16). The Morgan fingerprint density at radius 1 is 1.35 bits per heavy atom. The van der Waals surface area contributed by atoms with Gasteiger partial charge in [-0.2, -0.15) is 0 Å². The number of aromatic carboxylic acids is 1. The Morgan fingerprint density at radius 3 is 2.30 bits per heavy atom. The van der Waals surface area contributed by atoms with Crippen molar-refractivity contribution in [2.45, 2.75) is 42.9 Å². The van der Waals surface area contributed by atoms with Crippen LogP contribution in [0.3, 0.4) is 0 Å². The van der Waals surface area contributed by atoms with E-state index in [0.29, 0.717) is 17.4 Å². The van der Waals surface area contributed by atoms with Crippen LogP contribution in [-0.4, -0.2) is 25.5 Å². The quantitative estimate of drug-likeness (QED) is 0.843. The first kappa shape index (κ1) is 14.0. The molecule has 0 amide bonds. The van der Waals surface area contributed by atoms with Crippen LogP contribution in [0.4, 0.5) is 0 Å². The van der Waals surface area contributed by atoms with Crippen molar-refractivity contribution in [3.05, 3.63) is 16.5 Å². The van der Waals surface area contributed by atoms with E-state index >= 15 is 0 Å². The minimum atomic E-state index is -3.60. The molecule has 1 aromatic heterocycles. The molecule has 2 fully saturated rings. The molecule has 0 atom stereocenters. The Balaban J connectivity index is 1.83. The molecule has 2 aliphatic rings. The van der Waals surface area contributed by atoms with E-state index in [-0.39, 0.29) is 15.1 Å². The summed E-state index contributed by atoms with van der Waals surface area (Å²) in [5.74, 6) is -0.135. The van der Waals surface area contributed by atoms with Crippen LogP contribution in [0.1, 0.15) is 40.9 Å². The molecule has 2 aliphatic carbocycles. The Hall–Kier alpha value is -0.920. The minimum absolute atomic E-state index is 0.0377. The highest BCUT2D eigenvalue weighted by Crippen LogP contribution is 2.45. The van der Waals surface area contributed by atoms with Gasteiger partial charge in [0, 0.05) is 6.04 Å². The third-order valence-corrected chi connectivity index (χ3v) is 7.06. The maximum Gasteiger partial charge on any atom is 0.346 e. The zero-order valence-corrected chi connectivity index (χ0v) is 12.8. The van der Waals surface area contributed by atoms with Crippen molar-refractivity contribution < 1.29 is 18.3 Å². The average molecular weight is 315 g/mol. The van der Waals surface area contributed by atoms with Gasteiger partial charge in [0.1, 0.15) is 9.09 Å². The van der Waals surface area contributed by atoms with Crippen LogP contribution in [0.15, 0.2) is 10.3 Å². The number of carboxylic acids is 1. The van der Waals surface area contributed by atoms with Crippen molar-refractivity contribution in [3.63, 3.8) is 0 Å². The van der Waals surface area contributed by atoms with Gasteiger partial charge in [0.05, 0.1) is 0 Å². The molecule has 0 aromatic carbocycles. The fourth-order valence-electron chi connectivity index (χ4n) is 2.52. The molecule has 3 rings (SSSR count). The topological polar surface area (TPSA) is 83.5 Å². The lowest BCUT2D eigenvalue weighted by Gasteiger charge is -2.16. The molecule has 20 heavy (non-hydrogen) atoms. The molecule has 0 unspecified atom stereocenters. The number of rotatable bonds is 6. The molecule has 2 N–H and O–H groups in total. The monoisotopic (exact) mass is 315 g/mol. The van der Waals surface area contributed by atoms with E-state index in [1.165, 1.54) is 6.07 Å². The van der Waals surface area contributed by atoms with Crippen molar-refractivity contribution in [1.82, 2.24) is 4.72 Å². The maximum atomic E-state index is 12.4. The molecule has 2 saturated carbocycles. The zero-order chi connectivity index (χ0) is 14.5. The second kappa shape index (κ2) is 4.82. The van der Waals surface area contributed by atoms with Crippen molar-refractivity contribution in [3.8, 4) is 0 Å². The number of carbonyl (C=O) groups is 1. The van der Waals surface area contributed by atoms with E-state index in [1.54, 1.807) is 6.92 Å². The molecule has 1 heterocycles. The predicted molar refractivity (Wildman–Crippen MR) is 75.6 cm³/mol. The van der Waals surface area contributed by atoms with Crippen molar-refractivity contribution in [1.29, 1.82) is 0 Å². The van der Waals surface area contributed by atoms with Gasteiger partial charge in [0.25, 0.3) is 0 Å². The molecule has 0 spiro atoms. The Kier molecular flexibility index (Phi) is 3.38. The lowest BCUT2D eigenvalue weighted by molar-refractivity contribution is 0.0701. The Bertz CT molecular complexity index is 629. The molecule has 5 nitrogen and oxygen atoms in total. The highest BCUT2D eigenvalue weighted by molar-refractivity contribution is 7.91. The maximum absolute atomic E-state index is 12.4. The predicted octanol–water partition coefficient (Wildman–Crippen LogP) is 2.22. The summed E-state index contributed by atoms with van der Waals surface area (Å²) in [5.41, 5.74) is 0.497. The SMILES string of the molecule is Cc1cc(S(=O)(=O)NC(C2CC2)C2CC2)sc1C(=O)O. The van der Waals surface area contributed by atoms with Gasteiger partial charge in [0.15, 0.2) is 0 Å². The van der Waals surface area contributed by atoms with Crippen molar-refractivity contribution in [2.24, 2.45) is 11.8 Å². The Morgan fingerprint density at radius 2 is 1.90 bits per heavy atom. The van der Waals surface area contributed by atoms with Crippen LogP contribution in [0, 0.1) is 18.8 Å². The average Bonchev–Trinajstić information content (AvgIpc) is 3.23. The van der Waals surface area contributed by atoms with E-state index in [9.17, 15) is 13.2 Å². The van der Waals surface area contributed by atoms with Gasteiger partial charge >= 0.3 is 5.97 Å². The van der Waals surface area contributed by atoms with Crippen LogP contribution >= 0.6 is 11.3 Å². The lowest BCUT2D eigenvalue weighted by atomic mass is 10.1. The minimum Gasteiger partial charge on any atom is -0.477 e. The number of aryl methyl sites for hydroxylation is 1. The summed E-state index contributed by atoms with van der Waals surface area (Å²) in [6.07, 6.45) is 4.36. The van der Waals surface area contributed by atoms with E-state index in [2.05, 4.69) is 4.72 Å². The van der Waals surface area contributed by atoms with E-state index in [0.717, 1.165) is 37.0 Å². The number of thiophene rings is 1. The van der Waals surface area contributed by atoms with E-state index in [1.807, 2.05) is 0 Å². The summed E-state index contributed by atoms with van der Waals surface area (Å²) >= 11 is 0.831. The van der Waals surface area contributed by atoms with Gasteiger partial charge in [-0.05, 0) is 56.1 Å². The van der Waals surface area contributed by atoms with Crippen LogP contribution in [0.25, 0.3) is 0 Å². The number of carboxylic acid groups (broad SMARTS) is 1. The van der Waals surface area contributed by atoms with Gasteiger partial charge in [-0.1, -0.05) is 0 Å². The fraction of sp³-hybridized carbons (Fsp3) is 0.615. The molecular formula is C13H17NO4S2. The van der Waals surface area contributed by atoms with Crippen molar-refractivity contribution >= 4 is 27.3 Å². The van der Waals surface area contributed by atoms with Gasteiger partial charge in [-0.15, -0.1) is 11.3 Å². The number of hydrogen-bond acceptors (Lipinski definition) is 4. The summed E-state index contributed by atoms with van der Waals surface area (Å²) in [6, 6.07) is 1.49. The first-order valence-electron chi connectivity index (χ1n) is 6.74. The highest BCUT2D eigenvalue weighted by atomic mass is 32.2.